The summed E-state index contributed by atoms with van der Waals surface area (Å²) in [5, 5.41) is 13.7. The zero-order chi connectivity index (χ0) is 18.2. The molecular weight excluding hydrogens is 342 g/mol. The molecule has 0 atom stereocenters. The minimum absolute atomic E-state index is 0.0167. The van der Waals surface area contributed by atoms with Crippen LogP contribution < -0.4 is 10.2 Å². The number of benzene rings is 2. The van der Waals surface area contributed by atoms with Gasteiger partial charge < -0.3 is 10.2 Å². The highest BCUT2D eigenvalue weighted by Gasteiger charge is 2.16. The first-order valence-corrected chi connectivity index (χ1v) is 8.43. The van der Waals surface area contributed by atoms with E-state index in [1.165, 1.54) is 18.2 Å². The number of rotatable bonds is 8. The fraction of sp³-hybridized carbons (Fsp3) is 0.278. The highest BCUT2D eigenvalue weighted by atomic mass is 35.5. The van der Waals surface area contributed by atoms with Crippen LogP contribution in [0.15, 0.2) is 48.5 Å². The first kappa shape index (κ1) is 18.7. The Bertz CT molecular complexity index is 738. The molecule has 1 amide bonds. The molecule has 6 nitrogen and oxygen atoms in total. The first-order chi connectivity index (χ1) is 12.0. The van der Waals surface area contributed by atoms with Gasteiger partial charge in [-0.05, 0) is 37.6 Å². The molecular formula is C18H20ClN3O3. The molecule has 1 N–H and O–H groups in total. The van der Waals surface area contributed by atoms with Gasteiger partial charge in [0.25, 0.3) is 11.6 Å². The molecule has 0 saturated heterocycles. The Hall–Kier alpha value is -2.60. The Labute approximate surface area is 151 Å². The number of nitrogens with zero attached hydrogens (tertiary/aromatic N) is 2. The van der Waals surface area contributed by atoms with Gasteiger partial charge in [0.2, 0.25) is 0 Å². The SMILES string of the molecule is CCN(CCCNC(=O)c1ccc(Cl)c([N+](=O)[O-])c1)c1ccccc1. The predicted octanol–water partition coefficient (Wildman–Crippen LogP) is 3.89. The van der Waals surface area contributed by atoms with Crippen LogP contribution in [0.1, 0.15) is 23.7 Å². The van der Waals surface area contributed by atoms with Crippen molar-refractivity contribution in [3.63, 3.8) is 0 Å². The molecule has 0 spiro atoms. The summed E-state index contributed by atoms with van der Waals surface area (Å²) < 4.78 is 0. The highest BCUT2D eigenvalue weighted by molar-refractivity contribution is 6.32. The quantitative estimate of drug-likeness (QED) is 0.439. The second kappa shape index (κ2) is 9.03. The van der Waals surface area contributed by atoms with Crippen molar-refractivity contribution in [2.45, 2.75) is 13.3 Å². The van der Waals surface area contributed by atoms with Crippen molar-refractivity contribution in [2.24, 2.45) is 0 Å². The molecule has 0 aliphatic heterocycles. The van der Waals surface area contributed by atoms with Crippen LogP contribution in [-0.4, -0.2) is 30.5 Å². The standard InChI is InChI=1S/C18H20ClN3O3/c1-2-21(15-7-4-3-5-8-15)12-6-11-20-18(23)14-9-10-16(19)17(13-14)22(24)25/h3-5,7-10,13H,2,6,11-12H2,1H3,(H,20,23). The number of anilines is 1. The largest absolute Gasteiger partial charge is 0.372 e. The Morgan fingerprint density at radius 3 is 2.60 bits per heavy atom. The van der Waals surface area contributed by atoms with Crippen molar-refractivity contribution >= 4 is 28.9 Å². The van der Waals surface area contributed by atoms with Gasteiger partial charge in [0.05, 0.1) is 4.92 Å². The fourth-order valence-electron chi connectivity index (χ4n) is 2.48. The topological polar surface area (TPSA) is 75.5 Å². The van der Waals surface area contributed by atoms with E-state index in [9.17, 15) is 14.9 Å². The highest BCUT2D eigenvalue weighted by Crippen LogP contribution is 2.25. The third-order valence-electron chi connectivity index (χ3n) is 3.80. The van der Waals surface area contributed by atoms with Crippen molar-refractivity contribution in [1.82, 2.24) is 5.32 Å². The van der Waals surface area contributed by atoms with Crippen molar-refractivity contribution in [1.29, 1.82) is 0 Å². The third-order valence-corrected chi connectivity index (χ3v) is 4.12. The normalized spacial score (nSPS) is 10.3. The lowest BCUT2D eigenvalue weighted by molar-refractivity contribution is -0.384. The summed E-state index contributed by atoms with van der Waals surface area (Å²) in [6, 6.07) is 14.1. The van der Waals surface area contributed by atoms with E-state index in [1.54, 1.807) is 0 Å². The minimum atomic E-state index is -0.599. The molecule has 0 fully saturated rings. The van der Waals surface area contributed by atoms with Gasteiger partial charge in [0, 0.05) is 37.0 Å². The molecule has 7 heteroatoms. The van der Waals surface area contributed by atoms with E-state index in [1.807, 2.05) is 18.2 Å². The Balaban J connectivity index is 1.86. The molecule has 0 bridgehead atoms. The van der Waals surface area contributed by atoms with E-state index in [0.29, 0.717) is 6.54 Å². The van der Waals surface area contributed by atoms with Crippen LogP contribution in [0.25, 0.3) is 0 Å². The molecule has 0 saturated carbocycles. The lowest BCUT2D eigenvalue weighted by Gasteiger charge is -2.23. The summed E-state index contributed by atoms with van der Waals surface area (Å²) in [6.45, 7) is 4.25. The summed E-state index contributed by atoms with van der Waals surface area (Å²) in [7, 11) is 0. The van der Waals surface area contributed by atoms with Crippen LogP contribution in [0, 0.1) is 10.1 Å². The zero-order valence-corrected chi connectivity index (χ0v) is 14.7. The van der Waals surface area contributed by atoms with Gasteiger partial charge in [-0.1, -0.05) is 29.8 Å². The number of hydrogen-bond donors (Lipinski definition) is 1. The smallest absolute Gasteiger partial charge is 0.288 e. The summed E-state index contributed by atoms with van der Waals surface area (Å²) in [5.74, 6) is -0.345. The van der Waals surface area contributed by atoms with Crippen LogP contribution >= 0.6 is 11.6 Å². The van der Waals surface area contributed by atoms with Gasteiger partial charge >= 0.3 is 0 Å². The second-order valence-corrected chi connectivity index (χ2v) is 5.86. The predicted molar refractivity (Wildman–Crippen MR) is 99.4 cm³/mol. The number of nitrogens with one attached hydrogen (secondary N) is 1. The molecule has 132 valence electrons. The molecule has 2 rings (SSSR count). The molecule has 0 heterocycles. The van der Waals surface area contributed by atoms with Crippen molar-refractivity contribution < 1.29 is 9.72 Å². The van der Waals surface area contributed by atoms with Gasteiger partial charge in [-0.2, -0.15) is 0 Å². The van der Waals surface area contributed by atoms with Crippen LogP contribution in [0.3, 0.4) is 0 Å². The Kier molecular flexibility index (Phi) is 6.77. The third kappa shape index (κ3) is 5.19. The zero-order valence-electron chi connectivity index (χ0n) is 13.9. The molecule has 25 heavy (non-hydrogen) atoms. The number of amides is 1. The van der Waals surface area contributed by atoms with Gasteiger partial charge in [0.1, 0.15) is 5.02 Å². The van der Waals surface area contributed by atoms with E-state index in [2.05, 4.69) is 29.3 Å². The molecule has 0 aliphatic carbocycles. The summed E-state index contributed by atoms with van der Waals surface area (Å²) in [4.78, 5) is 24.6. The monoisotopic (exact) mass is 361 g/mol. The van der Waals surface area contributed by atoms with E-state index >= 15 is 0 Å². The van der Waals surface area contributed by atoms with Crippen molar-refractivity contribution in [3.05, 3.63) is 69.2 Å². The number of carbonyl (C=O) groups is 1. The summed E-state index contributed by atoms with van der Waals surface area (Å²) in [5.41, 5.74) is 1.10. The molecule has 0 unspecified atom stereocenters. The molecule has 0 radical (unpaired) electrons. The van der Waals surface area contributed by atoms with E-state index in [4.69, 9.17) is 11.6 Å². The van der Waals surface area contributed by atoms with Crippen molar-refractivity contribution in [2.75, 3.05) is 24.5 Å². The molecule has 0 aromatic heterocycles. The number of hydrogen-bond acceptors (Lipinski definition) is 4. The van der Waals surface area contributed by atoms with Gasteiger partial charge in [0.15, 0.2) is 0 Å². The number of nitro benzene ring substituents is 1. The maximum absolute atomic E-state index is 12.1. The first-order valence-electron chi connectivity index (χ1n) is 8.05. The number of para-hydroxylation sites is 1. The van der Waals surface area contributed by atoms with E-state index < -0.39 is 4.92 Å². The summed E-state index contributed by atoms with van der Waals surface area (Å²) in [6.07, 6.45) is 0.768. The van der Waals surface area contributed by atoms with Crippen molar-refractivity contribution in [3.8, 4) is 0 Å². The molecule has 0 aliphatic rings. The summed E-state index contributed by atoms with van der Waals surface area (Å²) >= 11 is 5.75. The van der Waals surface area contributed by atoms with Crippen LogP contribution in [0.5, 0.6) is 0 Å². The van der Waals surface area contributed by atoms with Gasteiger partial charge in [-0.25, -0.2) is 0 Å². The maximum atomic E-state index is 12.1. The lowest BCUT2D eigenvalue weighted by atomic mass is 10.2. The molecule has 2 aromatic rings. The maximum Gasteiger partial charge on any atom is 0.288 e. The average molecular weight is 362 g/mol. The molecule has 2 aromatic carbocycles. The Morgan fingerprint density at radius 2 is 1.96 bits per heavy atom. The van der Waals surface area contributed by atoms with E-state index in [-0.39, 0.29) is 22.2 Å². The van der Waals surface area contributed by atoms with Crippen LogP contribution in [0.4, 0.5) is 11.4 Å². The fourth-order valence-corrected chi connectivity index (χ4v) is 2.66. The number of nitro groups is 1. The van der Waals surface area contributed by atoms with Gasteiger partial charge in [-0.3, -0.25) is 14.9 Å². The van der Waals surface area contributed by atoms with Crippen LogP contribution in [0.2, 0.25) is 5.02 Å². The van der Waals surface area contributed by atoms with Crippen LogP contribution in [-0.2, 0) is 0 Å². The van der Waals surface area contributed by atoms with Gasteiger partial charge in [-0.15, -0.1) is 0 Å². The number of halogens is 1. The second-order valence-electron chi connectivity index (χ2n) is 5.45. The Morgan fingerprint density at radius 1 is 1.24 bits per heavy atom. The number of carbonyl (C=O) groups excluding carboxylic acids is 1. The average Bonchev–Trinajstić information content (AvgIpc) is 2.62. The minimum Gasteiger partial charge on any atom is -0.372 e. The lowest BCUT2D eigenvalue weighted by Crippen LogP contribution is -2.30. The van der Waals surface area contributed by atoms with E-state index in [0.717, 1.165) is 25.2 Å².